The fourth-order valence-corrected chi connectivity index (χ4v) is 7.14. The zero-order chi connectivity index (χ0) is 26.2. The predicted molar refractivity (Wildman–Crippen MR) is 137 cm³/mol. The number of carbonyl (C=O) groups excluding carboxylic acids is 1. The Balaban J connectivity index is 1.58. The number of benzene rings is 2. The fourth-order valence-electron chi connectivity index (χ4n) is 6.04. The van der Waals surface area contributed by atoms with Crippen molar-refractivity contribution in [2.24, 2.45) is 0 Å². The van der Waals surface area contributed by atoms with E-state index in [0.717, 1.165) is 22.9 Å². The van der Waals surface area contributed by atoms with Crippen molar-refractivity contribution in [2.75, 3.05) is 18.3 Å². The molecule has 7 rings (SSSR count). The van der Waals surface area contributed by atoms with Gasteiger partial charge in [0.05, 0.1) is 5.54 Å². The Morgan fingerprint density at radius 1 is 1.13 bits per heavy atom. The molecule has 1 atom stereocenters. The molecule has 38 heavy (non-hydrogen) atoms. The van der Waals surface area contributed by atoms with Gasteiger partial charge in [-0.25, -0.2) is 8.78 Å². The van der Waals surface area contributed by atoms with Crippen LogP contribution in [0.25, 0.3) is 0 Å². The summed E-state index contributed by atoms with van der Waals surface area (Å²) in [5, 5.41) is 12.7. The first-order valence-corrected chi connectivity index (χ1v) is 13.4. The molecule has 1 aliphatic carbocycles. The molecular weight excluding hydrogens is 512 g/mol. The van der Waals surface area contributed by atoms with E-state index in [1.165, 1.54) is 28.7 Å². The lowest BCUT2D eigenvalue weighted by molar-refractivity contribution is 0.0255. The Morgan fingerprint density at radius 3 is 2.74 bits per heavy atom. The number of pyridine rings is 1. The van der Waals surface area contributed by atoms with Crippen molar-refractivity contribution in [3.63, 3.8) is 0 Å². The number of rotatable bonds is 0. The van der Waals surface area contributed by atoms with Gasteiger partial charge in [0.15, 0.2) is 23.1 Å². The van der Waals surface area contributed by atoms with Crippen molar-refractivity contribution in [1.82, 2.24) is 9.58 Å². The summed E-state index contributed by atoms with van der Waals surface area (Å²) in [6, 6.07) is 9.19. The summed E-state index contributed by atoms with van der Waals surface area (Å²) in [6.07, 6.45) is 7.51. The number of ether oxygens (including phenoxy) is 1. The van der Waals surface area contributed by atoms with Gasteiger partial charge in [-0.3, -0.25) is 19.3 Å². The molecule has 1 N–H and O–H groups in total. The minimum absolute atomic E-state index is 0.0972. The highest BCUT2D eigenvalue weighted by molar-refractivity contribution is 7.98. The zero-order valence-corrected chi connectivity index (χ0v) is 21.0. The molecule has 4 heterocycles. The van der Waals surface area contributed by atoms with Crippen molar-refractivity contribution in [3.8, 4) is 11.5 Å². The number of nitrogens with zero attached hydrogens (tertiary/aromatic N) is 3. The minimum Gasteiger partial charge on any atom is -0.502 e. The second-order valence-corrected chi connectivity index (χ2v) is 11.0. The monoisotopic (exact) mass is 535 g/mol. The maximum atomic E-state index is 15.5. The molecule has 1 fully saturated rings. The lowest BCUT2D eigenvalue weighted by atomic mass is 9.74. The molecule has 3 aliphatic heterocycles. The third-order valence-electron chi connectivity index (χ3n) is 8.06. The van der Waals surface area contributed by atoms with Gasteiger partial charge >= 0.3 is 0 Å². The van der Waals surface area contributed by atoms with Gasteiger partial charge in [0.25, 0.3) is 5.91 Å². The number of hydrogen-bond donors (Lipinski definition) is 1. The van der Waals surface area contributed by atoms with Crippen LogP contribution >= 0.6 is 11.8 Å². The third kappa shape index (κ3) is 3.19. The quantitative estimate of drug-likeness (QED) is 0.429. The second-order valence-electron chi connectivity index (χ2n) is 10.00. The first-order valence-electron chi connectivity index (χ1n) is 12.5. The molecule has 4 aliphatic rings. The molecule has 1 aromatic heterocycles. The number of thioether (sulfide) groups is 1. The highest BCUT2D eigenvalue weighted by Crippen LogP contribution is 2.49. The van der Waals surface area contributed by atoms with Gasteiger partial charge in [0.1, 0.15) is 25.1 Å². The maximum absolute atomic E-state index is 15.5. The smallest absolute Gasteiger partial charge is 0.278 e. The van der Waals surface area contributed by atoms with Gasteiger partial charge in [0.2, 0.25) is 5.43 Å². The van der Waals surface area contributed by atoms with Crippen molar-refractivity contribution < 1.29 is 23.4 Å². The average Bonchev–Trinajstić information content (AvgIpc) is 3.07. The number of fused-ring (bicyclic) bond motifs is 8. The van der Waals surface area contributed by atoms with E-state index in [-0.39, 0.29) is 36.0 Å². The van der Waals surface area contributed by atoms with Crippen molar-refractivity contribution in [2.45, 2.75) is 41.5 Å². The Bertz CT molecular complexity index is 1600. The van der Waals surface area contributed by atoms with Crippen LogP contribution in [0.2, 0.25) is 0 Å². The van der Waals surface area contributed by atoms with Crippen LogP contribution in [-0.2, 0) is 5.75 Å². The zero-order valence-electron chi connectivity index (χ0n) is 20.2. The Morgan fingerprint density at radius 2 is 1.95 bits per heavy atom. The number of amides is 1. The first kappa shape index (κ1) is 23.3. The average molecular weight is 536 g/mol. The normalized spacial score (nSPS) is 21.7. The van der Waals surface area contributed by atoms with E-state index >= 15 is 4.39 Å². The molecule has 1 unspecified atom stereocenters. The molecule has 10 heteroatoms. The molecule has 1 saturated carbocycles. The van der Waals surface area contributed by atoms with Crippen LogP contribution in [0.1, 0.15) is 52.5 Å². The summed E-state index contributed by atoms with van der Waals surface area (Å²) in [6.45, 7) is 0.207. The van der Waals surface area contributed by atoms with Gasteiger partial charge in [-0.15, -0.1) is 11.8 Å². The number of aromatic hydroxyl groups is 1. The summed E-state index contributed by atoms with van der Waals surface area (Å²) in [5.41, 5.74) is 0.0186. The lowest BCUT2D eigenvalue weighted by Crippen LogP contribution is -2.64. The third-order valence-corrected chi connectivity index (χ3v) is 9.18. The van der Waals surface area contributed by atoms with Crippen LogP contribution in [0.3, 0.4) is 0 Å². The summed E-state index contributed by atoms with van der Waals surface area (Å²) >= 11 is 1.40. The number of halogens is 2. The Labute approximate surface area is 220 Å². The highest BCUT2D eigenvalue weighted by atomic mass is 32.2. The Hall–Kier alpha value is -3.79. The van der Waals surface area contributed by atoms with Gasteiger partial charge in [0, 0.05) is 40.1 Å². The second kappa shape index (κ2) is 8.36. The summed E-state index contributed by atoms with van der Waals surface area (Å²) in [5.74, 6) is -2.63. The van der Waals surface area contributed by atoms with Crippen LogP contribution in [-0.4, -0.2) is 39.4 Å². The van der Waals surface area contributed by atoms with E-state index in [4.69, 9.17) is 4.74 Å². The van der Waals surface area contributed by atoms with Crippen molar-refractivity contribution in [3.05, 3.63) is 99.0 Å². The summed E-state index contributed by atoms with van der Waals surface area (Å²) < 4.78 is 37.9. The van der Waals surface area contributed by atoms with Crippen LogP contribution in [0.5, 0.6) is 11.5 Å². The van der Waals surface area contributed by atoms with E-state index in [2.05, 4.69) is 0 Å². The molecule has 1 spiro atoms. The van der Waals surface area contributed by atoms with Crippen molar-refractivity contribution >= 4 is 17.7 Å². The predicted octanol–water partition coefficient (Wildman–Crippen LogP) is 4.45. The largest absolute Gasteiger partial charge is 0.502 e. The van der Waals surface area contributed by atoms with E-state index in [1.54, 1.807) is 11.0 Å². The highest BCUT2D eigenvalue weighted by Gasteiger charge is 2.49. The van der Waals surface area contributed by atoms with Crippen LogP contribution in [0.15, 0.2) is 64.4 Å². The first-order chi connectivity index (χ1) is 18.4. The van der Waals surface area contributed by atoms with Gasteiger partial charge < -0.3 is 14.7 Å². The standard InChI is InChI=1S/C28H23F2N3O4S/c29-18-13-20-22-17(23(18)30)14-38-21-6-2-1-5-16(21)24(22)33-15-31(28(8-3-9-28)10-4-12-37-20)27(36)25-26(35)19(34)7-11-32(25)33/h1-2,4-7,10-11,13,24,35H,3,8-9,12,14-15H2/b10-4+. The van der Waals surface area contributed by atoms with Crippen molar-refractivity contribution in [1.29, 1.82) is 0 Å². The van der Waals surface area contributed by atoms with E-state index < -0.39 is 40.3 Å². The van der Waals surface area contributed by atoms with Gasteiger partial charge in [-0.1, -0.05) is 24.3 Å². The molecule has 2 bridgehead atoms. The summed E-state index contributed by atoms with van der Waals surface area (Å²) in [4.78, 5) is 29.0. The minimum atomic E-state index is -0.990. The lowest BCUT2D eigenvalue weighted by Gasteiger charge is -2.54. The maximum Gasteiger partial charge on any atom is 0.278 e. The molecule has 0 radical (unpaired) electrons. The molecular formula is C28H23F2N3O4S. The number of aromatic nitrogens is 1. The molecule has 1 amide bonds. The topological polar surface area (TPSA) is 75.0 Å². The van der Waals surface area contributed by atoms with E-state index in [1.807, 2.05) is 35.4 Å². The van der Waals surface area contributed by atoms with E-state index in [9.17, 15) is 19.1 Å². The van der Waals surface area contributed by atoms with Gasteiger partial charge in [-0.2, -0.15) is 0 Å². The summed E-state index contributed by atoms with van der Waals surface area (Å²) in [7, 11) is 0. The van der Waals surface area contributed by atoms with Crippen LogP contribution in [0.4, 0.5) is 8.78 Å². The number of hydrogen-bond acceptors (Lipinski definition) is 6. The molecule has 0 saturated heterocycles. The van der Waals surface area contributed by atoms with E-state index in [0.29, 0.717) is 18.4 Å². The number of carbonyl (C=O) groups is 1. The Kier molecular flexibility index (Phi) is 5.13. The fraction of sp³-hybridized carbons (Fsp3) is 0.286. The molecule has 3 aromatic rings. The molecule has 2 aromatic carbocycles. The van der Waals surface area contributed by atoms with Crippen LogP contribution < -0.4 is 15.2 Å². The van der Waals surface area contributed by atoms with Crippen LogP contribution in [0, 0.1) is 11.6 Å². The molecule has 7 nitrogen and oxygen atoms in total. The molecule has 194 valence electrons. The SMILES string of the molecule is O=C1c2c(O)c(=O)ccn2N2CN1C1(/C=C/COc3cc(F)c(F)c4c3C2c2ccccc2SC4)CCC1. The van der Waals surface area contributed by atoms with Gasteiger partial charge in [-0.05, 0) is 37.0 Å².